The van der Waals surface area contributed by atoms with E-state index >= 15 is 0 Å². The third-order valence-electron chi connectivity index (χ3n) is 5.82. The Morgan fingerprint density at radius 2 is 1.29 bits per heavy atom. The second kappa shape index (κ2) is 12.8. The summed E-state index contributed by atoms with van der Waals surface area (Å²) >= 11 is 0. The van der Waals surface area contributed by atoms with Crippen LogP contribution in [0.2, 0.25) is 0 Å². The average molecular weight is 465 g/mol. The maximum atomic E-state index is 10.9. The van der Waals surface area contributed by atoms with Gasteiger partial charge in [-0.2, -0.15) is 0 Å². The normalized spacial score (nSPS) is 23.1. The van der Waals surface area contributed by atoms with Gasteiger partial charge >= 0.3 is 0 Å². The van der Waals surface area contributed by atoms with Crippen molar-refractivity contribution in [2.24, 2.45) is 0 Å². The van der Waals surface area contributed by atoms with Crippen LogP contribution in [0.4, 0.5) is 0 Å². The van der Waals surface area contributed by atoms with Crippen LogP contribution in [-0.4, -0.2) is 49.5 Å². The molecule has 0 bridgehead atoms. The van der Waals surface area contributed by atoms with E-state index in [1.807, 2.05) is 91.0 Å². The molecule has 0 saturated carbocycles. The van der Waals surface area contributed by atoms with E-state index in [-0.39, 0.29) is 6.61 Å². The SMILES string of the molecule is CO[C@H]1O[C@H]([C@@H](COCc2ccccc2)OCc2ccccc2)[C@H](OCc2ccccc2)[C@H]1O. The maximum absolute atomic E-state index is 10.9. The molecule has 0 spiro atoms. The molecule has 3 aromatic rings. The van der Waals surface area contributed by atoms with Gasteiger partial charge in [0.15, 0.2) is 6.29 Å². The van der Waals surface area contributed by atoms with E-state index in [0.29, 0.717) is 19.8 Å². The lowest BCUT2D eigenvalue weighted by Crippen LogP contribution is -2.44. The number of rotatable bonds is 12. The van der Waals surface area contributed by atoms with E-state index in [9.17, 15) is 5.11 Å². The molecule has 1 N–H and O–H groups in total. The molecule has 1 heterocycles. The predicted octanol–water partition coefficient (Wildman–Crippen LogP) is 4.11. The van der Waals surface area contributed by atoms with Crippen molar-refractivity contribution in [1.29, 1.82) is 0 Å². The van der Waals surface area contributed by atoms with E-state index in [0.717, 1.165) is 16.7 Å². The van der Waals surface area contributed by atoms with E-state index in [1.54, 1.807) is 0 Å². The van der Waals surface area contributed by atoms with E-state index in [1.165, 1.54) is 7.11 Å². The standard InChI is InChI=1S/C28H32O6/c1-30-28-25(29)27(33-19-23-15-9-4-10-16-23)26(34-28)24(32-18-22-13-7-3-8-14-22)20-31-17-21-11-5-2-6-12-21/h2-16,24-29H,17-20H2,1H3/t24-,25-,26-,27-,28+/m1/s1. The number of aliphatic hydroxyl groups excluding tert-OH is 1. The number of ether oxygens (including phenoxy) is 5. The van der Waals surface area contributed by atoms with Gasteiger partial charge in [-0.3, -0.25) is 0 Å². The van der Waals surface area contributed by atoms with Crippen molar-refractivity contribution in [3.8, 4) is 0 Å². The van der Waals surface area contributed by atoms with Crippen LogP contribution >= 0.6 is 0 Å². The summed E-state index contributed by atoms with van der Waals surface area (Å²) in [5.74, 6) is 0. The zero-order chi connectivity index (χ0) is 23.6. The molecular formula is C28H32O6. The van der Waals surface area contributed by atoms with Gasteiger partial charge in [-0.25, -0.2) is 0 Å². The second-order valence-electron chi connectivity index (χ2n) is 8.29. The Labute approximate surface area is 201 Å². The zero-order valence-electron chi connectivity index (χ0n) is 19.4. The minimum absolute atomic E-state index is 0.279. The second-order valence-corrected chi connectivity index (χ2v) is 8.29. The molecule has 0 unspecified atom stereocenters. The molecule has 6 heteroatoms. The van der Waals surface area contributed by atoms with Gasteiger partial charge in [0, 0.05) is 7.11 Å². The summed E-state index contributed by atoms with van der Waals surface area (Å²) < 4.78 is 29.9. The van der Waals surface area contributed by atoms with Gasteiger partial charge in [-0.05, 0) is 16.7 Å². The fraction of sp³-hybridized carbons (Fsp3) is 0.357. The fourth-order valence-corrected chi connectivity index (χ4v) is 4.00. The monoisotopic (exact) mass is 464 g/mol. The van der Waals surface area contributed by atoms with Gasteiger partial charge in [0.05, 0.1) is 26.4 Å². The third-order valence-corrected chi connectivity index (χ3v) is 5.82. The fourth-order valence-electron chi connectivity index (χ4n) is 4.00. The first-order valence-corrected chi connectivity index (χ1v) is 11.5. The van der Waals surface area contributed by atoms with Crippen LogP contribution in [0.1, 0.15) is 16.7 Å². The largest absolute Gasteiger partial charge is 0.385 e. The lowest BCUT2D eigenvalue weighted by molar-refractivity contribution is -0.181. The topological polar surface area (TPSA) is 66.4 Å². The molecule has 1 aliphatic heterocycles. The van der Waals surface area contributed by atoms with E-state index < -0.39 is 30.7 Å². The van der Waals surface area contributed by atoms with Crippen LogP contribution in [0.15, 0.2) is 91.0 Å². The molecule has 1 saturated heterocycles. The third kappa shape index (κ3) is 6.73. The Morgan fingerprint density at radius 1 is 0.765 bits per heavy atom. The van der Waals surface area contributed by atoms with Gasteiger partial charge in [0.25, 0.3) is 0 Å². The maximum Gasteiger partial charge on any atom is 0.186 e. The summed E-state index contributed by atoms with van der Waals surface area (Å²) in [6.07, 6.45) is -3.42. The first-order valence-electron chi connectivity index (χ1n) is 11.5. The van der Waals surface area contributed by atoms with Crippen molar-refractivity contribution in [2.45, 2.75) is 50.5 Å². The quantitative estimate of drug-likeness (QED) is 0.435. The molecule has 34 heavy (non-hydrogen) atoms. The minimum atomic E-state index is -0.948. The van der Waals surface area contributed by atoms with Crippen molar-refractivity contribution in [3.05, 3.63) is 108 Å². The number of hydrogen-bond acceptors (Lipinski definition) is 6. The highest BCUT2D eigenvalue weighted by atomic mass is 16.7. The first kappa shape index (κ1) is 24.5. The molecule has 6 nitrogen and oxygen atoms in total. The van der Waals surface area contributed by atoms with Gasteiger partial charge in [-0.15, -0.1) is 0 Å². The highest BCUT2D eigenvalue weighted by Crippen LogP contribution is 2.29. The Bertz CT molecular complexity index is 952. The lowest BCUT2D eigenvalue weighted by Gasteiger charge is -2.28. The summed E-state index contributed by atoms with van der Waals surface area (Å²) in [5, 5.41) is 10.9. The molecule has 180 valence electrons. The van der Waals surface area contributed by atoms with Crippen molar-refractivity contribution in [3.63, 3.8) is 0 Å². The van der Waals surface area contributed by atoms with E-state index in [4.69, 9.17) is 23.7 Å². The van der Waals surface area contributed by atoms with Crippen molar-refractivity contribution < 1.29 is 28.8 Å². The molecule has 0 amide bonds. The van der Waals surface area contributed by atoms with Crippen LogP contribution in [0.3, 0.4) is 0 Å². The van der Waals surface area contributed by atoms with Gasteiger partial charge < -0.3 is 28.8 Å². The molecule has 5 atom stereocenters. The molecule has 1 fully saturated rings. The van der Waals surface area contributed by atoms with Crippen LogP contribution in [-0.2, 0) is 43.5 Å². The summed E-state index contributed by atoms with van der Waals surface area (Å²) in [6.45, 7) is 1.46. The minimum Gasteiger partial charge on any atom is -0.385 e. The lowest BCUT2D eigenvalue weighted by atomic mass is 10.1. The molecular weight excluding hydrogens is 432 g/mol. The molecule has 4 rings (SSSR count). The van der Waals surface area contributed by atoms with Crippen molar-refractivity contribution in [1.82, 2.24) is 0 Å². The number of aliphatic hydroxyl groups is 1. The van der Waals surface area contributed by atoms with Crippen LogP contribution < -0.4 is 0 Å². The summed E-state index contributed by atoms with van der Waals surface area (Å²) in [7, 11) is 1.51. The predicted molar refractivity (Wildman–Crippen MR) is 128 cm³/mol. The van der Waals surface area contributed by atoms with Gasteiger partial charge in [0.2, 0.25) is 0 Å². The Morgan fingerprint density at radius 3 is 1.85 bits per heavy atom. The molecule has 0 aromatic heterocycles. The summed E-state index contributed by atoms with van der Waals surface area (Å²) in [6, 6.07) is 29.7. The van der Waals surface area contributed by atoms with Crippen LogP contribution in [0.25, 0.3) is 0 Å². The Hall–Kier alpha value is -2.58. The molecule has 0 radical (unpaired) electrons. The van der Waals surface area contributed by atoms with Crippen LogP contribution in [0, 0.1) is 0 Å². The highest BCUT2D eigenvalue weighted by Gasteiger charge is 2.48. The van der Waals surface area contributed by atoms with Gasteiger partial charge in [-0.1, -0.05) is 91.0 Å². The van der Waals surface area contributed by atoms with E-state index in [2.05, 4.69) is 0 Å². The van der Waals surface area contributed by atoms with Crippen molar-refractivity contribution in [2.75, 3.05) is 13.7 Å². The Kier molecular flexibility index (Phi) is 9.21. The zero-order valence-corrected chi connectivity index (χ0v) is 19.4. The first-order chi connectivity index (χ1) is 16.7. The number of methoxy groups -OCH3 is 1. The van der Waals surface area contributed by atoms with Crippen LogP contribution in [0.5, 0.6) is 0 Å². The van der Waals surface area contributed by atoms with Crippen molar-refractivity contribution >= 4 is 0 Å². The highest BCUT2D eigenvalue weighted by molar-refractivity contribution is 5.15. The Balaban J connectivity index is 1.46. The van der Waals surface area contributed by atoms with Gasteiger partial charge in [0.1, 0.15) is 24.4 Å². The summed E-state index contributed by atoms with van der Waals surface area (Å²) in [4.78, 5) is 0. The summed E-state index contributed by atoms with van der Waals surface area (Å²) in [5.41, 5.74) is 3.12. The smallest absolute Gasteiger partial charge is 0.186 e. The molecule has 3 aromatic carbocycles. The number of benzene rings is 3. The average Bonchev–Trinajstić information content (AvgIpc) is 3.21. The molecule has 1 aliphatic rings. The number of hydrogen-bond donors (Lipinski definition) is 1. The molecule has 0 aliphatic carbocycles.